The lowest BCUT2D eigenvalue weighted by atomic mass is 10.2. The second kappa shape index (κ2) is 5.49. The SMILES string of the molecule is O=C(O)c1cnc(COc2cccc(C(F)(F)F)c2)s1. The molecule has 0 fully saturated rings. The number of aromatic carboxylic acids is 1. The van der Waals surface area contributed by atoms with Crippen molar-refractivity contribution in [1.82, 2.24) is 4.98 Å². The molecule has 0 amide bonds. The van der Waals surface area contributed by atoms with Gasteiger partial charge >= 0.3 is 12.1 Å². The molecule has 106 valence electrons. The van der Waals surface area contributed by atoms with Gasteiger partial charge in [-0.05, 0) is 18.2 Å². The number of aromatic nitrogens is 1. The lowest BCUT2D eigenvalue weighted by Crippen LogP contribution is -2.05. The molecule has 0 unspecified atom stereocenters. The van der Waals surface area contributed by atoms with Crippen LogP contribution in [0.15, 0.2) is 30.5 Å². The smallest absolute Gasteiger partial charge is 0.416 e. The third-order valence-corrected chi connectivity index (χ3v) is 3.25. The highest BCUT2D eigenvalue weighted by Crippen LogP contribution is 2.31. The summed E-state index contributed by atoms with van der Waals surface area (Å²) in [4.78, 5) is 14.5. The number of halogens is 3. The van der Waals surface area contributed by atoms with Crippen molar-refractivity contribution in [3.05, 3.63) is 45.9 Å². The number of ether oxygens (including phenoxy) is 1. The quantitative estimate of drug-likeness (QED) is 0.940. The highest BCUT2D eigenvalue weighted by atomic mass is 32.1. The van der Waals surface area contributed by atoms with E-state index in [1.807, 2.05) is 0 Å². The van der Waals surface area contributed by atoms with E-state index >= 15 is 0 Å². The van der Waals surface area contributed by atoms with Gasteiger partial charge in [-0.15, -0.1) is 11.3 Å². The van der Waals surface area contributed by atoms with Gasteiger partial charge in [-0.1, -0.05) is 6.07 Å². The van der Waals surface area contributed by atoms with Gasteiger partial charge in [-0.2, -0.15) is 13.2 Å². The molecule has 2 aromatic rings. The van der Waals surface area contributed by atoms with Crippen molar-refractivity contribution in [3.63, 3.8) is 0 Å². The Bertz CT molecular complexity index is 624. The van der Waals surface area contributed by atoms with Gasteiger partial charge in [0.15, 0.2) is 0 Å². The van der Waals surface area contributed by atoms with Crippen LogP contribution in [-0.2, 0) is 12.8 Å². The van der Waals surface area contributed by atoms with E-state index in [4.69, 9.17) is 9.84 Å². The van der Waals surface area contributed by atoms with E-state index in [-0.39, 0.29) is 17.2 Å². The molecular formula is C12H8F3NO3S. The maximum atomic E-state index is 12.5. The van der Waals surface area contributed by atoms with Crippen LogP contribution in [0.1, 0.15) is 20.2 Å². The molecule has 1 aromatic carbocycles. The van der Waals surface area contributed by atoms with Gasteiger partial charge in [0.25, 0.3) is 0 Å². The standard InChI is InChI=1S/C12H8F3NO3S/c13-12(14,15)7-2-1-3-8(4-7)19-6-10-16-5-9(20-10)11(17)18/h1-5H,6H2,(H,17,18). The number of benzene rings is 1. The van der Waals surface area contributed by atoms with Gasteiger partial charge in [0.05, 0.1) is 11.8 Å². The molecular weight excluding hydrogens is 295 g/mol. The Kier molecular flexibility index (Phi) is 3.93. The summed E-state index contributed by atoms with van der Waals surface area (Å²) in [5, 5.41) is 9.09. The molecule has 0 saturated carbocycles. The average molecular weight is 303 g/mol. The minimum atomic E-state index is -4.43. The van der Waals surface area contributed by atoms with Crippen molar-refractivity contribution in [1.29, 1.82) is 0 Å². The first-order valence-electron chi connectivity index (χ1n) is 5.34. The number of hydrogen-bond donors (Lipinski definition) is 1. The number of hydrogen-bond acceptors (Lipinski definition) is 4. The summed E-state index contributed by atoms with van der Waals surface area (Å²) in [6.07, 6.45) is -3.26. The summed E-state index contributed by atoms with van der Waals surface area (Å²) < 4.78 is 42.7. The van der Waals surface area contributed by atoms with Crippen molar-refractivity contribution >= 4 is 17.3 Å². The van der Waals surface area contributed by atoms with E-state index in [9.17, 15) is 18.0 Å². The minimum Gasteiger partial charge on any atom is -0.486 e. The Hall–Kier alpha value is -2.09. The van der Waals surface area contributed by atoms with Gasteiger partial charge in [0.2, 0.25) is 0 Å². The Labute approximate surface area is 115 Å². The maximum absolute atomic E-state index is 12.5. The Morgan fingerprint density at radius 3 is 2.75 bits per heavy atom. The first-order valence-corrected chi connectivity index (χ1v) is 6.16. The second-order valence-electron chi connectivity index (χ2n) is 3.74. The lowest BCUT2D eigenvalue weighted by molar-refractivity contribution is -0.137. The molecule has 0 bridgehead atoms. The second-order valence-corrected chi connectivity index (χ2v) is 4.85. The molecule has 0 saturated heterocycles. The monoisotopic (exact) mass is 303 g/mol. The molecule has 0 aliphatic heterocycles. The van der Waals surface area contributed by atoms with E-state index in [0.29, 0.717) is 5.01 Å². The van der Waals surface area contributed by atoms with Crippen molar-refractivity contribution in [2.75, 3.05) is 0 Å². The molecule has 8 heteroatoms. The van der Waals surface area contributed by atoms with Crippen molar-refractivity contribution in [3.8, 4) is 5.75 Å². The van der Waals surface area contributed by atoms with E-state index in [2.05, 4.69) is 4.98 Å². The van der Waals surface area contributed by atoms with Gasteiger partial charge < -0.3 is 9.84 Å². The largest absolute Gasteiger partial charge is 0.486 e. The van der Waals surface area contributed by atoms with Crippen LogP contribution in [0, 0.1) is 0 Å². The first-order chi connectivity index (χ1) is 9.36. The molecule has 0 atom stereocenters. The topological polar surface area (TPSA) is 59.4 Å². The fourth-order valence-corrected chi connectivity index (χ4v) is 2.05. The van der Waals surface area contributed by atoms with Crippen LogP contribution < -0.4 is 4.74 Å². The number of nitrogens with zero attached hydrogens (tertiary/aromatic N) is 1. The number of rotatable bonds is 4. The lowest BCUT2D eigenvalue weighted by Gasteiger charge is -2.09. The highest BCUT2D eigenvalue weighted by Gasteiger charge is 2.30. The molecule has 1 N–H and O–H groups in total. The van der Waals surface area contributed by atoms with Crippen LogP contribution in [0.3, 0.4) is 0 Å². The van der Waals surface area contributed by atoms with Gasteiger partial charge in [0.1, 0.15) is 22.2 Å². The average Bonchev–Trinajstić information content (AvgIpc) is 2.85. The molecule has 2 rings (SSSR count). The predicted octanol–water partition coefficient (Wildman–Crippen LogP) is 3.44. The zero-order chi connectivity index (χ0) is 14.8. The maximum Gasteiger partial charge on any atom is 0.416 e. The number of carboxylic acids is 1. The van der Waals surface area contributed by atoms with Crippen LogP contribution in [-0.4, -0.2) is 16.1 Å². The number of alkyl halides is 3. The Morgan fingerprint density at radius 2 is 2.15 bits per heavy atom. The van der Waals surface area contributed by atoms with Crippen molar-refractivity contribution in [2.24, 2.45) is 0 Å². The van der Waals surface area contributed by atoms with Crippen LogP contribution in [0.4, 0.5) is 13.2 Å². The Morgan fingerprint density at radius 1 is 1.40 bits per heavy atom. The van der Waals surface area contributed by atoms with Crippen LogP contribution in [0.2, 0.25) is 0 Å². The van der Waals surface area contributed by atoms with Gasteiger partial charge in [-0.3, -0.25) is 0 Å². The fraction of sp³-hybridized carbons (Fsp3) is 0.167. The first kappa shape index (κ1) is 14.3. The molecule has 1 heterocycles. The number of carbonyl (C=O) groups is 1. The molecule has 1 aromatic heterocycles. The summed E-state index contributed by atoms with van der Waals surface area (Å²) in [5.74, 6) is -1.06. The molecule has 0 radical (unpaired) electrons. The Balaban J connectivity index is 2.05. The summed E-state index contributed by atoms with van der Waals surface area (Å²) >= 11 is 0.912. The summed E-state index contributed by atoms with van der Waals surface area (Å²) in [6, 6.07) is 4.45. The zero-order valence-electron chi connectivity index (χ0n) is 9.85. The highest BCUT2D eigenvalue weighted by molar-refractivity contribution is 7.13. The third-order valence-electron chi connectivity index (χ3n) is 2.29. The van der Waals surface area contributed by atoms with Gasteiger partial charge in [0, 0.05) is 0 Å². The minimum absolute atomic E-state index is 0.0481. The number of carboxylic acid groups (broad SMARTS) is 1. The molecule has 20 heavy (non-hydrogen) atoms. The molecule has 4 nitrogen and oxygen atoms in total. The zero-order valence-corrected chi connectivity index (χ0v) is 10.7. The number of thiazole rings is 1. The third kappa shape index (κ3) is 3.47. The van der Waals surface area contributed by atoms with E-state index < -0.39 is 17.7 Å². The van der Waals surface area contributed by atoms with Crippen molar-refractivity contribution < 1.29 is 27.8 Å². The van der Waals surface area contributed by atoms with E-state index in [0.717, 1.165) is 23.5 Å². The summed E-state index contributed by atoms with van der Waals surface area (Å²) in [5.41, 5.74) is -0.805. The fourth-order valence-electron chi connectivity index (χ4n) is 1.38. The van der Waals surface area contributed by atoms with E-state index in [1.165, 1.54) is 18.3 Å². The predicted molar refractivity (Wildman–Crippen MR) is 64.8 cm³/mol. The van der Waals surface area contributed by atoms with Crippen LogP contribution in [0.5, 0.6) is 5.75 Å². The molecule has 0 spiro atoms. The summed E-state index contributed by atoms with van der Waals surface area (Å²) in [6.45, 7) is -0.0841. The van der Waals surface area contributed by atoms with Crippen molar-refractivity contribution in [2.45, 2.75) is 12.8 Å². The van der Waals surface area contributed by atoms with E-state index in [1.54, 1.807) is 0 Å². The summed E-state index contributed by atoms with van der Waals surface area (Å²) in [7, 11) is 0. The van der Waals surface area contributed by atoms with Crippen LogP contribution in [0.25, 0.3) is 0 Å². The van der Waals surface area contributed by atoms with Crippen LogP contribution >= 0.6 is 11.3 Å². The molecule has 0 aliphatic rings. The normalized spacial score (nSPS) is 11.3. The van der Waals surface area contributed by atoms with Gasteiger partial charge in [-0.25, -0.2) is 9.78 Å². The molecule has 0 aliphatic carbocycles.